The fourth-order valence-corrected chi connectivity index (χ4v) is 7.23. The molecule has 0 spiro atoms. The standard InChI is InChI=1S/C20H33ClN4O4S2/c1-18-4-2-3-11-23(18)14-15-25(31(28,29)20-7-5-19(21)6-8-20)16-17-30(26,27)24-12-9-22-10-13-24/h5-8,18,22H,2-4,9-17H2,1H3. The smallest absolute Gasteiger partial charge is 0.243 e. The molecule has 1 aromatic carbocycles. The molecule has 2 saturated heterocycles. The van der Waals surface area contributed by atoms with Crippen LogP contribution < -0.4 is 5.32 Å². The third-order valence-electron chi connectivity index (χ3n) is 6.10. The summed E-state index contributed by atoms with van der Waals surface area (Å²) in [5.74, 6) is -0.227. The Hall–Kier alpha value is -0.750. The summed E-state index contributed by atoms with van der Waals surface area (Å²) in [6.45, 7) is 5.92. The topological polar surface area (TPSA) is 90.0 Å². The largest absolute Gasteiger partial charge is 0.314 e. The summed E-state index contributed by atoms with van der Waals surface area (Å²) in [5.41, 5.74) is 0. The molecule has 1 N–H and O–H groups in total. The third kappa shape index (κ3) is 6.63. The van der Waals surface area contributed by atoms with Crippen LogP contribution in [0.4, 0.5) is 0 Å². The van der Waals surface area contributed by atoms with Gasteiger partial charge in [0.15, 0.2) is 0 Å². The molecule has 2 fully saturated rings. The van der Waals surface area contributed by atoms with Gasteiger partial charge in [0, 0.05) is 56.9 Å². The van der Waals surface area contributed by atoms with Gasteiger partial charge < -0.3 is 5.32 Å². The van der Waals surface area contributed by atoms with Gasteiger partial charge in [-0.15, -0.1) is 0 Å². The van der Waals surface area contributed by atoms with E-state index >= 15 is 0 Å². The lowest BCUT2D eigenvalue weighted by Crippen LogP contribution is -2.49. The molecule has 2 aliphatic rings. The maximum absolute atomic E-state index is 13.3. The molecule has 1 unspecified atom stereocenters. The minimum atomic E-state index is -3.84. The van der Waals surface area contributed by atoms with Crippen LogP contribution in [0.1, 0.15) is 26.2 Å². The first kappa shape index (κ1) is 24.9. The average molecular weight is 493 g/mol. The zero-order valence-corrected chi connectivity index (χ0v) is 20.4. The molecule has 2 heterocycles. The van der Waals surface area contributed by atoms with Gasteiger partial charge in [0.25, 0.3) is 0 Å². The lowest BCUT2D eigenvalue weighted by molar-refractivity contribution is 0.152. The molecule has 31 heavy (non-hydrogen) atoms. The van der Waals surface area contributed by atoms with Crippen molar-refractivity contribution in [2.24, 2.45) is 0 Å². The van der Waals surface area contributed by atoms with Crippen LogP contribution in [-0.2, 0) is 20.0 Å². The van der Waals surface area contributed by atoms with Crippen LogP contribution in [0.3, 0.4) is 0 Å². The van der Waals surface area contributed by atoms with Gasteiger partial charge in [-0.25, -0.2) is 16.8 Å². The van der Waals surface area contributed by atoms with Crippen LogP contribution in [0.5, 0.6) is 0 Å². The van der Waals surface area contributed by atoms with Crippen molar-refractivity contribution in [3.05, 3.63) is 29.3 Å². The Labute approximate surface area is 191 Å². The minimum absolute atomic E-state index is 0.0700. The monoisotopic (exact) mass is 492 g/mol. The van der Waals surface area contributed by atoms with Gasteiger partial charge in [-0.2, -0.15) is 8.61 Å². The van der Waals surface area contributed by atoms with E-state index in [2.05, 4.69) is 17.1 Å². The fraction of sp³-hybridized carbons (Fsp3) is 0.700. The van der Waals surface area contributed by atoms with Crippen LogP contribution in [0.25, 0.3) is 0 Å². The van der Waals surface area contributed by atoms with Gasteiger partial charge in [-0.05, 0) is 50.6 Å². The van der Waals surface area contributed by atoms with Gasteiger partial charge in [-0.1, -0.05) is 18.0 Å². The molecule has 8 nitrogen and oxygen atoms in total. The number of benzene rings is 1. The lowest BCUT2D eigenvalue weighted by Gasteiger charge is -2.35. The Morgan fingerprint density at radius 2 is 1.71 bits per heavy atom. The number of rotatable bonds is 9. The van der Waals surface area contributed by atoms with E-state index in [0.29, 0.717) is 43.8 Å². The van der Waals surface area contributed by atoms with Crippen LogP contribution in [0.2, 0.25) is 5.02 Å². The van der Waals surface area contributed by atoms with Crippen LogP contribution in [0.15, 0.2) is 29.2 Å². The number of hydrogen-bond donors (Lipinski definition) is 1. The van der Waals surface area contributed by atoms with Crippen molar-refractivity contribution in [1.29, 1.82) is 0 Å². The number of piperidine rings is 1. The van der Waals surface area contributed by atoms with Crippen molar-refractivity contribution >= 4 is 31.6 Å². The predicted molar refractivity (Wildman–Crippen MR) is 123 cm³/mol. The van der Waals surface area contributed by atoms with Crippen molar-refractivity contribution in [1.82, 2.24) is 18.8 Å². The molecule has 0 aliphatic carbocycles. The number of likely N-dealkylation sites (tertiary alicyclic amines) is 1. The number of piperazine rings is 1. The predicted octanol–water partition coefficient (Wildman–Crippen LogP) is 1.44. The van der Waals surface area contributed by atoms with Crippen LogP contribution >= 0.6 is 11.6 Å². The molecule has 1 aromatic rings. The van der Waals surface area contributed by atoms with E-state index < -0.39 is 20.0 Å². The van der Waals surface area contributed by atoms with E-state index in [-0.39, 0.29) is 23.7 Å². The molecule has 11 heteroatoms. The molecule has 1 atom stereocenters. The van der Waals surface area contributed by atoms with Crippen molar-refractivity contribution in [3.8, 4) is 0 Å². The summed E-state index contributed by atoms with van der Waals surface area (Å²) in [5, 5.41) is 3.59. The first-order valence-corrected chi connectivity index (χ1v) is 14.3. The second-order valence-corrected chi connectivity index (χ2v) is 12.7. The second-order valence-electron chi connectivity index (χ2n) is 8.20. The maximum Gasteiger partial charge on any atom is 0.243 e. The highest BCUT2D eigenvalue weighted by molar-refractivity contribution is 7.90. The molecule has 0 aromatic heterocycles. The first-order chi connectivity index (χ1) is 14.7. The van der Waals surface area contributed by atoms with Crippen molar-refractivity contribution in [3.63, 3.8) is 0 Å². The average Bonchev–Trinajstić information content (AvgIpc) is 2.75. The Bertz CT molecular complexity index is 919. The molecule has 0 amide bonds. The Balaban J connectivity index is 1.75. The highest BCUT2D eigenvalue weighted by atomic mass is 35.5. The Morgan fingerprint density at radius 3 is 2.35 bits per heavy atom. The number of hydrogen-bond acceptors (Lipinski definition) is 6. The fourth-order valence-electron chi connectivity index (χ4n) is 4.11. The summed E-state index contributed by atoms with van der Waals surface area (Å²) >= 11 is 5.92. The normalized spacial score (nSPS) is 22.1. The molecule has 2 aliphatic heterocycles. The van der Waals surface area contributed by atoms with E-state index in [9.17, 15) is 16.8 Å². The number of nitrogens with one attached hydrogen (secondary N) is 1. The lowest BCUT2D eigenvalue weighted by atomic mass is 10.0. The molecular weight excluding hydrogens is 460 g/mol. The number of halogens is 1. The molecule has 0 saturated carbocycles. The second kappa shape index (κ2) is 10.9. The summed E-state index contributed by atoms with van der Waals surface area (Å²) in [7, 11) is -7.37. The van der Waals surface area contributed by atoms with Crippen LogP contribution in [0, 0.1) is 0 Å². The molecule has 3 rings (SSSR count). The quantitative estimate of drug-likeness (QED) is 0.561. The molecule has 0 radical (unpaired) electrons. The summed E-state index contributed by atoms with van der Waals surface area (Å²) in [4.78, 5) is 2.42. The third-order valence-corrected chi connectivity index (χ3v) is 10.1. The van der Waals surface area contributed by atoms with Crippen molar-refractivity contribution in [2.75, 3.05) is 58.1 Å². The Kier molecular flexibility index (Phi) is 8.76. The van der Waals surface area contributed by atoms with E-state index in [4.69, 9.17) is 11.6 Å². The van der Waals surface area contributed by atoms with E-state index in [1.54, 1.807) is 0 Å². The highest BCUT2D eigenvalue weighted by Gasteiger charge is 2.30. The maximum atomic E-state index is 13.3. The van der Waals surface area contributed by atoms with Crippen molar-refractivity contribution in [2.45, 2.75) is 37.1 Å². The van der Waals surface area contributed by atoms with Crippen LogP contribution in [-0.4, -0.2) is 94.5 Å². The molecule has 0 bridgehead atoms. The Morgan fingerprint density at radius 1 is 1.03 bits per heavy atom. The summed E-state index contributed by atoms with van der Waals surface area (Å²) < 4.78 is 55.0. The zero-order valence-electron chi connectivity index (χ0n) is 18.0. The van der Waals surface area contributed by atoms with E-state index in [1.165, 1.54) is 39.3 Å². The zero-order chi connectivity index (χ0) is 22.5. The summed E-state index contributed by atoms with van der Waals surface area (Å²) in [6, 6.07) is 6.42. The first-order valence-electron chi connectivity index (χ1n) is 10.9. The SMILES string of the molecule is CC1CCCCN1CCN(CCS(=O)(=O)N1CCNCC1)S(=O)(=O)c1ccc(Cl)cc1. The molecule has 176 valence electrons. The van der Waals surface area contributed by atoms with E-state index in [0.717, 1.165) is 19.4 Å². The van der Waals surface area contributed by atoms with Gasteiger partial charge in [0.05, 0.1) is 10.6 Å². The van der Waals surface area contributed by atoms with Gasteiger partial charge >= 0.3 is 0 Å². The van der Waals surface area contributed by atoms with Gasteiger partial charge in [0.1, 0.15) is 0 Å². The summed E-state index contributed by atoms with van der Waals surface area (Å²) in [6.07, 6.45) is 3.39. The number of sulfonamides is 2. The minimum Gasteiger partial charge on any atom is -0.314 e. The van der Waals surface area contributed by atoms with Gasteiger partial charge in [0.2, 0.25) is 20.0 Å². The van der Waals surface area contributed by atoms with Crippen molar-refractivity contribution < 1.29 is 16.8 Å². The van der Waals surface area contributed by atoms with E-state index in [1.807, 2.05) is 0 Å². The highest BCUT2D eigenvalue weighted by Crippen LogP contribution is 2.21. The molecular formula is C20H33ClN4O4S2. The number of nitrogens with zero attached hydrogens (tertiary/aromatic N) is 3. The van der Waals surface area contributed by atoms with Gasteiger partial charge in [-0.3, -0.25) is 4.90 Å².